The van der Waals surface area contributed by atoms with Crippen LogP contribution < -0.4 is 10.5 Å². The third-order valence-electron chi connectivity index (χ3n) is 2.39. The van der Waals surface area contributed by atoms with Crippen molar-refractivity contribution in [3.8, 4) is 11.6 Å². The number of aromatic nitrogens is 1. The van der Waals surface area contributed by atoms with E-state index in [9.17, 15) is 10.1 Å². The Morgan fingerprint density at radius 2 is 2.20 bits per heavy atom. The number of nitrogen functional groups attached to an aromatic ring is 1. The molecule has 2 aromatic rings. The summed E-state index contributed by atoms with van der Waals surface area (Å²) in [5.41, 5.74) is 5.52. The minimum absolute atomic E-state index is 0.0578. The Balaban J connectivity index is 2.42. The lowest BCUT2D eigenvalue weighted by molar-refractivity contribution is -0.384. The van der Waals surface area contributed by atoms with Crippen LogP contribution in [0.2, 0.25) is 5.02 Å². The number of nitro benzene ring substituents is 1. The lowest BCUT2D eigenvalue weighted by atomic mass is 10.2. The van der Waals surface area contributed by atoms with Gasteiger partial charge in [0.1, 0.15) is 5.84 Å². The Bertz CT molecular complexity index is 690. The topological polar surface area (TPSA) is 115 Å². The average Bonchev–Trinajstić information content (AvgIpc) is 2.41. The number of amidine groups is 1. The van der Waals surface area contributed by atoms with Crippen LogP contribution in [0.1, 0.15) is 5.56 Å². The summed E-state index contributed by atoms with van der Waals surface area (Å²) in [5, 5.41) is 18.3. The summed E-state index contributed by atoms with van der Waals surface area (Å²) in [7, 11) is 0. The van der Waals surface area contributed by atoms with Gasteiger partial charge < -0.3 is 10.5 Å². The Morgan fingerprint density at radius 3 is 2.85 bits per heavy atom. The normalized spacial score (nSPS) is 10.1. The summed E-state index contributed by atoms with van der Waals surface area (Å²) >= 11 is 5.92. The van der Waals surface area contributed by atoms with Crippen molar-refractivity contribution in [2.45, 2.75) is 0 Å². The van der Waals surface area contributed by atoms with Crippen LogP contribution in [-0.4, -0.2) is 15.7 Å². The Hall–Kier alpha value is -2.67. The van der Waals surface area contributed by atoms with Gasteiger partial charge in [0.25, 0.3) is 5.69 Å². The van der Waals surface area contributed by atoms with E-state index in [1.165, 1.54) is 24.4 Å². The van der Waals surface area contributed by atoms with Gasteiger partial charge in [-0.15, -0.1) is 0 Å². The summed E-state index contributed by atoms with van der Waals surface area (Å²) in [6, 6.07) is 6.94. The standard InChI is InChI=1S/C12H9ClN4O3/c13-9-4-3-7(17(18)19)6-10(9)20-12-8(11(14)15)2-1-5-16-12/h1-6H,(H3,14,15). The molecule has 1 heterocycles. The summed E-state index contributed by atoms with van der Waals surface area (Å²) in [6.45, 7) is 0. The molecule has 8 heteroatoms. The highest BCUT2D eigenvalue weighted by molar-refractivity contribution is 6.32. The molecule has 1 aromatic heterocycles. The summed E-state index contributed by atoms with van der Waals surface area (Å²) in [6.07, 6.45) is 1.45. The van der Waals surface area contributed by atoms with Crippen LogP contribution in [0.5, 0.6) is 11.6 Å². The Kier molecular flexibility index (Phi) is 3.81. The molecule has 3 N–H and O–H groups in total. The predicted molar refractivity (Wildman–Crippen MR) is 73.4 cm³/mol. The zero-order chi connectivity index (χ0) is 14.7. The minimum atomic E-state index is -0.562. The Morgan fingerprint density at radius 1 is 1.45 bits per heavy atom. The number of rotatable bonds is 4. The third-order valence-corrected chi connectivity index (χ3v) is 2.71. The molecule has 0 saturated carbocycles. The highest BCUT2D eigenvalue weighted by atomic mass is 35.5. The molecule has 0 fully saturated rings. The molecular formula is C12H9ClN4O3. The van der Waals surface area contributed by atoms with Crippen LogP contribution in [0.15, 0.2) is 36.5 Å². The van der Waals surface area contributed by atoms with Crippen molar-refractivity contribution >= 4 is 23.1 Å². The monoisotopic (exact) mass is 292 g/mol. The molecule has 0 saturated heterocycles. The molecule has 0 unspecified atom stereocenters. The highest BCUT2D eigenvalue weighted by Gasteiger charge is 2.14. The van der Waals surface area contributed by atoms with Crippen LogP contribution >= 0.6 is 11.6 Å². The maximum atomic E-state index is 10.7. The first-order chi connectivity index (χ1) is 9.49. The molecule has 20 heavy (non-hydrogen) atoms. The van der Waals surface area contributed by atoms with Crippen LogP contribution in [0, 0.1) is 15.5 Å². The number of nitrogens with one attached hydrogen (secondary N) is 1. The van der Waals surface area contributed by atoms with Gasteiger partial charge in [-0.2, -0.15) is 0 Å². The summed E-state index contributed by atoms with van der Waals surface area (Å²) < 4.78 is 5.42. The number of nitrogens with two attached hydrogens (primary N) is 1. The van der Waals surface area contributed by atoms with Crippen LogP contribution in [0.4, 0.5) is 5.69 Å². The molecule has 0 aliphatic heterocycles. The maximum Gasteiger partial charge on any atom is 0.273 e. The predicted octanol–water partition coefficient (Wildman–Crippen LogP) is 2.72. The molecule has 0 spiro atoms. The highest BCUT2D eigenvalue weighted by Crippen LogP contribution is 2.32. The molecule has 0 bridgehead atoms. The molecule has 0 radical (unpaired) electrons. The quantitative estimate of drug-likeness (QED) is 0.389. The van der Waals surface area contributed by atoms with Crippen molar-refractivity contribution in [1.29, 1.82) is 5.41 Å². The van der Waals surface area contributed by atoms with Crippen molar-refractivity contribution in [2.24, 2.45) is 5.73 Å². The van der Waals surface area contributed by atoms with Gasteiger partial charge in [-0.25, -0.2) is 4.98 Å². The number of benzene rings is 1. The van der Waals surface area contributed by atoms with E-state index < -0.39 is 4.92 Å². The SMILES string of the molecule is N=C(N)c1cccnc1Oc1cc([N+](=O)[O-])ccc1Cl. The molecule has 0 amide bonds. The van der Waals surface area contributed by atoms with Gasteiger partial charge in [0.2, 0.25) is 5.88 Å². The minimum Gasteiger partial charge on any atom is -0.436 e. The van der Waals surface area contributed by atoms with E-state index in [2.05, 4.69) is 4.98 Å². The molecule has 2 rings (SSSR count). The van der Waals surface area contributed by atoms with E-state index in [-0.39, 0.29) is 33.7 Å². The van der Waals surface area contributed by atoms with Crippen LogP contribution in [0.25, 0.3) is 0 Å². The number of non-ortho nitro benzene ring substituents is 1. The van der Waals surface area contributed by atoms with E-state index in [0.29, 0.717) is 0 Å². The molecule has 0 atom stereocenters. The molecule has 102 valence electrons. The van der Waals surface area contributed by atoms with Crippen molar-refractivity contribution in [1.82, 2.24) is 4.98 Å². The molecule has 1 aromatic carbocycles. The van der Waals surface area contributed by atoms with Crippen LogP contribution in [0.3, 0.4) is 0 Å². The van der Waals surface area contributed by atoms with Crippen molar-refractivity contribution in [3.63, 3.8) is 0 Å². The largest absolute Gasteiger partial charge is 0.436 e. The molecule has 7 nitrogen and oxygen atoms in total. The molecular weight excluding hydrogens is 284 g/mol. The van der Waals surface area contributed by atoms with Gasteiger partial charge in [0.05, 0.1) is 21.6 Å². The summed E-state index contributed by atoms with van der Waals surface area (Å²) in [5.74, 6) is -0.0980. The fraction of sp³-hybridized carbons (Fsp3) is 0. The average molecular weight is 293 g/mol. The van der Waals surface area contributed by atoms with E-state index in [1.807, 2.05) is 0 Å². The first kappa shape index (κ1) is 13.8. The number of hydrogen-bond donors (Lipinski definition) is 2. The third kappa shape index (κ3) is 2.83. The number of nitro groups is 1. The van der Waals surface area contributed by atoms with Crippen molar-refractivity contribution in [2.75, 3.05) is 0 Å². The second kappa shape index (κ2) is 5.54. The van der Waals surface area contributed by atoms with Gasteiger partial charge in [-0.1, -0.05) is 11.6 Å². The van der Waals surface area contributed by atoms with E-state index >= 15 is 0 Å². The Labute approximate surface area is 118 Å². The van der Waals surface area contributed by atoms with Gasteiger partial charge in [-0.3, -0.25) is 15.5 Å². The lowest BCUT2D eigenvalue weighted by Gasteiger charge is -2.09. The van der Waals surface area contributed by atoms with Crippen molar-refractivity contribution in [3.05, 3.63) is 57.2 Å². The fourth-order valence-electron chi connectivity index (χ4n) is 1.47. The molecule has 0 aliphatic carbocycles. The van der Waals surface area contributed by atoms with E-state index in [4.69, 9.17) is 27.5 Å². The van der Waals surface area contributed by atoms with Gasteiger partial charge in [-0.05, 0) is 18.2 Å². The van der Waals surface area contributed by atoms with Gasteiger partial charge in [0, 0.05) is 12.3 Å². The molecule has 0 aliphatic rings. The van der Waals surface area contributed by atoms with Gasteiger partial charge >= 0.3 is 0 Å². The smallest absolute Gasteiger partial charge is 0.273 e. The second-order valence-electron chi connectivity index (χ2n) is 3.74. The first-order valence-electron chi connectivity index (χ1n) is 5.40. The van der Waals surface area contributed by atoms with Crippen LogP contribution in [-0.2, 0) is 0 Å². The number of ether oxygens (including phenoxy) is 1. The van der Waals surface area contributed by atoms with E-state index in [0.717, 1.165) is 0 Å². The second-order valence-corrected chi connectivity index (χ2v) is 4.15. The summed E-state index contributed by atoms with van der Waals surface area (Å²) in [4.78, 5) is 14.1. The number of halogens is 1. The van der Waals surface area contributed by atoms with E-state index in [1.54, 1.807) is 12.1 Å². The number of pyridine rings is 1. The van der Waals surface area contributed by atoms with Crippen molar-refractivity contribution < 1.29 is 9.66 Å². The fourth-order valence-corrected chi connectivity index (χ4v) is 1.62. The van der Waals surface area contributed by atoms with Gasteiger partial charge in [0.15, 0.2) is 5.75 Å². The number of hydrogen-bond acceptors (Lipinski definition) is 5. The first-order valence-corrected chi connectivity index (χ1v) is 5.78. The zero-order valence-corrected chi connectivity index (χ0v) is 10.8. The zero-order valence-electron chi connectivity index (χ0n) is 10.0. The maximum absolute atomic E-state index is 10.7. The number of nitrogens with zero attached hydrogens (tertiary/aromatic N) is 2. The lowest BCUT2D eigenvalue weighted by Crippen LogP contribution is -2.12.